The van der Waals surface area contributed by atoms with Crippen LogP contribution in [-0.2, 0) is 11.0 Å². The molecule has 0 aliphatic carbocycles. The van der Waals surface area contributed by atoms with Gasteiger partial charge in [-0.3, -0.25) is 9.59 Å². The van der Waals surface area contributed by atoms with Crippen molar-refractivity contribution in [3.8, 4) is 0 Å². The van der Waals surface area contributed by atoms with Crippen LogP contribution in [0, 0.1) is 0 Å². The Morgan fingerprint density at radius 3 is 2.28 bits per heavy atom. The molecule has 0 unspecified atom stereocenters. The van der Waals surface area contributed by atoms with Crippen molar-refractivity contribution in [3.63, 3.8) is 0 Å². The monoisotopic (exact) mass is 350 g/mol. The third kappa shape index (κ3) is 5.63. The van der Waals surface area contributed by atoms with Gasteiger partial charge in [-0.25, -0.2) is 0 Å². The van der Waals surface area contributed by atoms with Crippen molar-refractivity contribution in [1.82, 2.24) is 0 Å². The number of Topliss-reactive ketones (excluding diaryl/α,β-unsaturated/α-hetero) is 1. The number of halogens is 3. The molecule has 0 spiro atoms. The number of alkyl halides is 3. The first-order valence-corrected chi connectivity index (χ1v) is 7.58. The molecule has 0 fully saturated rings. The quantitative estimate of drug-likeness (QED) is 0.762. The molecule has 0 aromatic heterocycles. The lowest BCUT2D eigenvalue weighted by Crippen LogP contribution is -2.16. The van der Waals surface area contributed by atoms with E-state index in [2.05, 4.69) is 10.6 Å². The molecule has 132 valence electrons. The number of benzene rings is 2. The molecule has 2 aromatic rings. The highest BCUT2D eigenvalue weighted by Gasteiger charge is 2.29. The number of carbonyl (C=O) groups is 2. The van der Waals surface area contributed by atoms with Gasteiger partial charge in [0.1, 0.15) is 0 Å². The lowest BCUT2D eigenvalue weighted by molar-refractivity contribution is -0.137. The van der Waals surface area contributed by atoms with Crippen LogP contribution >= 0.6 is 0 Å². The van der Waals surface area contributed by atoms with E-state index in [0.717, 1.165) is 17.8 Å². The van der Waals surface area contributed by atoms with E-state index in [9.17, 15) is 22.8 Å². The van der Waals surface area contributed by atoms with Gasteiger partial charge in [0.05, 0.1) is 5.56 Å². The summed E-state index contributed by atoms with van der Waals surface area (Å²) in [5.41, 5.74) is 0.823. The normalized spacial score (nSPS) is 11.0. The van der Waals surface area contributed by atoms with Crippen molar-refractivity contribution < 1.29 is 22.8 Å². The van der Waals surface area contributed by atoms with Crippen molar-refractivity contribution in [2.45, 2.75) is 19.5 Å². The third-order valence-electron chi connectivity index (χ3n) is 3.45. The fourth-order valence-corrected chi connectivity index (χ4v) is 2.13. The molecule has 1 amide bonds. The fourth-order valence-electron chi connectivity index (χ4n) is 2.13. The molecule has 0 radical (unpaired) electrons. The van der Waals surface area contributed by atoms with Gasteiger partial charge in [-0.2, -0.15) is 13.2 Å². The topological polar surface area (TPSA) is 58.2 Å². The zero-order valence-corrected chi connectivity index (χ0v) is 13.5. The van der Waals surface area contributed by atoms with E-state index in [0.29, 0.717) is 17.8 Å². The van der Waals surface area contributed by atoms with Crippen LogP contribution in [0.5, 0.6) is 0 Å². The predicted molar refractivity (Wildman–Crippen MR) is 89.6 cm³/mol. The molecule has 2 N–H and O–H groups in total. The number of ketones is 1. The maximum atomic E-state index is 12.5. The number of amides is 1. The summed E-state index contributed by atoms with van der Waals surface area (Å²) in [7, 11) is 0. The molecule has 2 rings (SSSR count). The van der Waals surface area contributed by atoms with Gasteiger partial charge in [0.2, 0.25) is 5.91 Å². The van der Waals surface area contributed by atoms with Gasteiger partial charge in [-0.1, -0.05) is 12.1 Å². The number of hydrogen-bond acceptors (Lipinski definition) is 3. The van der Waals surface area contributed by atoms with Crippen molar-refractivity contribution >= 4 is 23.1 Å². The molecule has 0 saturated heterocycles. The van der Waals surface area contributed by atoms with Gasteiger partial charge in [0.25, 0.3) is 0 Å². The Hall–Kier alpha value is -2.83. The average molecular weight is 350 g/mol. The van der Waals surface area contributed by atoms with Gasteiger partial charge in [0, 0.05) is 29.9 Å². The first-order valence-electron chi connectivity index (χ1n) is 7.58. The molecule has 0 saturated carbocycles. The van der Waals surface area contributed by atoms with Crippen LogP contribution in [0.1, 0.15) is 29.3 Å². The summed E-state index contributed by atoms with van der Waals surface area (Å²) in [6, 6.07) is 11.2. The fraction of sp³-hybridized carbons (Fsp3) is 0.222. The summed E-state index contributed by atoms with van der Waals surface area (Å²) in [5.74, 6) is -0.376. The Bertz CT molecular complexity index is 756. The minimum absolute atomic E-state index is 0.0521. The highest BCUT2D eigenvalue weighted by molar-refractivity contribution is 5.95. The highest BCUT2D eigenvalue weighted by Crippen LogP contribution is 2.29. The maximum absolute atomic E-state index is 12.5. The Balaban J connectivity index is 1.83. The lowest BCUT2D eigenvalue weighted by atomic mass is 10.1. The summed E-state index contributed by atoms with van der Waals surface area (Å²) in [6.45, 7) is 1.80. The molecular formula is C18H17F3N2O2. The van der Waals surface area contributed by atoms with E-state index in [1.807, 2.05) is 0 Å². The SMILES string of the molecule is CC(=O)c1cccc(NCCC(=O)Nc2ccc(C(F)(F)F)cc2)c1. The van der Waals surface area contributed by atoms with Crippen LogP contribution in [0.15, 0.2) is 48.5 Å². The van der Waals surface area contributed by atoms with E-state index >= 15 is 0 Å². The molecule has 25 heavy (non-hydrogen) atoms. The number of rotatable bonds is 6. The van der Waals surface area contributed by atoms with E-state index in [1.54, 1.807) is 24.3 Å². The average Bonchev–Trinajstić information content (AvgIpc) is 2.54. The number of anilines is 2. The Labute approximate surface area is 143 Å². The van der Waals surface area contributed by atoms with Crippen LogP contribution in [0.25, 0.3) is 0 Å². The Morgan fingerprint density at radius 2 is 1.68 bits per heavy atom. The molecule has 4 nitrogen and oxygen atoms in total. The van der Waals surface area contributed by atoms with Crippen LogP contribution in [0.2, 0.25) is 0 Å². The Kier molecular flexibility index (Phi) is 5.80. The second-order valence-electron chi connectivity index (χ2n) is 5.44. The summed E-state index contributed by atoms with van der Waals surface area (Å²) in [5, 5.41) is 5.56. The summed E-state index contributed by atoms with van der Waals surface area (Å²) < 4.78 is 37.4. The molecule has 0 aliphatic heterocycles. The Morgan fingerprint density at radius 1 is 1.00 bits per heavy atom. The maximum Gasteiger partial charge on any atom is 0.416 e. The van der Waals surface area contributed by atoms with Gasteiger partial charge >= 0.3 is 6.18 Å². The summed E-state index contributed by atoms with van der Waals surface area (Å²) in [4.78, 5) is 23.1. The second-order valence-corrected chi connectivity index (χ2v) is 5.44. The minimum atomic E-state index is -4.40. The molecule has 0 atom stereocenters. The smallest absolute Gasteiger partial charge is 0.385 e. The second kappa shape index (κ2) is 7.83. The third-order valence-corrected chi connectivity index (χ3v) is 3.45. The van der Waals surface area contributed by atoms with E-state index in [-0.39, 0.29) is 18.1 Å². The number of nitrogens with one attached hydrogen (secondary N) is 2. The largest absolute Gasteiger partial charge is 0.416 e. The molecule has 0 aliphatic rings. The van der Waals surface area contributed by atoms with Crippen molar-refractivity contribution in [2.75, 3.05) is 17.2 Å². The lowest BCUT2D eigenvalue weighted by Gasteiger charge is -2.10. The van der Waals surface area contributed by atoms with Crippen LogP contribution in [-0.4, -0.2) is 18.2 Å². The van der Waals surface area contributed by atoms with E-state index < -0.39 is 11.7 Å². The molecule has 7 heteroatoms. The van der Waals surface area contributed by atoms with Crippen molar-refractivity contribution in [3.05, 3.63) is 59.7 Å². The zero-order valence-electron chi connectivity index (χ0n) is 13.5. The first-order chi connectivity index (χ1) is 11.8. The number of hydrogen-bond donors (Lipinski definition) is 2. The van der Waals surface area contributed by atoms with Gasteiger partial charge in [-0.15, -0.1) is 0 Å². The molecular weight excluding hydrogens is 333 g/mol. The van der Waals surface area contributed by atoms with Crippen LogP contribution < -0.4 is 10.6 Å². The molecule has 0 bridgehead atoms. The van der Waals surface area contributed by atoms with E-state index in [4.69, 9.17) is 0 Å². The minimum Gasteiger partial charge on any atom is -0.385 e. The van der Waals surface area contributed by atoms with Crippen molar-refractivity contribution in [2.24, 2.45) is 0 Å². The zero-order chi connectivity index (χ0) is 18.4. The van der Waals surface area contributed by atoms with Crippen LogP contribution in [0.4, 0.5) is 24.5 Å². The van der Waals surface area contributed by atoms with E-state index in [1.165, 1.54) is 19.1 Å². The summed E-state index contributed by atoms with van der Waals surface area (Å²) >= 11 is 0. The predicted octanol–water partition coefficient (Wildman–Crippen LogP) is 4.35. The van der Waals surface area contributed by atoms with Gasteiger partial charge < -0.3 is 10.6 Å². The molecule has 2 aromatic carbocycles. The van der Waals surface area contributed by atoms with Crippen LogP contribution in [0.3, 0.4) is 0 Å². The molecule has 0 heterocycles. The summed E-state index contributed by atoms with van der Waals surface area (Å²) in [6.07, 6.45) is -4.27. The first kappa shape index (κ1) is 18.5. The number of carbonyl (C=O) groups excluding carboxylic acids is 2. The highest BCUT2D eigenvalue weighted by atomic mass is 19.4. The van der Waals surface area contributed by atoms with Gasteiger partial charge in [0.15, 0.2) is 5.78 Å². The standard InChI is InChI=1S/C18H17F3N2O2/c1-12(24)13-3-2-4-16(11-13)22-10-9-17(25)23-15-7-5-14(6-8-15)18(19,20)21/h2-8,11,22H,9-10H2,1H3,(H,23,25). The van der Waals surface area contributed by atoms with Gasteiger partial charge in [-0.05, 0) is 43.3 Å². The van der Waals surface area contributed by atoms with Crippen molar-refractivity contribution in [1.29, 1.82) is 0 Å².